The van der Waals surface area contributed by atoms with Gasteiger partial charge in [0.1, 0.15) is 5.69 Å². The fourth-order valence-corrected chi connectivity index (χ4v) is 4.13. The fraction of sp³-hybridized carbons (Fsp3) is 0.476. The van der Waals surface area contributed by atoms with E-state index in [0.29, 0.717) is 5.56 Å². The molecule has 1 N–H and O–H groups in total. The maximum absolute atomic E-state index is 13.3. The van der Waals surface area contributed by atoms with Gasteiger partial charge in [0, 0.05) is 11.6 Å². The normalized spacial score (nSPS) is 16.8. The van der Waals surface area contributed by atoms with Crippen molar-refractivity contribution in [3.05, 3.63) is 42.1 Å². The molecule has 3 rings (SSSR count). The lowest BCUT2D eigenvalue weighted by Crippen LogP contribution is -2.39. The lowest BCUT2D eigenvalue weighted by Gasteiger charge is -2.19. The number of nitrogens with zero attached hydrogens (tertiary/aromatic N) is 2. The predicted octanol–water partition coefficient (Wildman–Crippen LogP) is 5.48. The van der Waals surface area contributed by atoms with Crippen LogP contribution in [0.15, 0.2) is 41.6 Å². The van der Waals surface area contributed by atoms with Gasteiger partial charge in [0.2, 0.25) is 5.91 Å². The summed E-state index contributed by atoms with van der Waals surface area (Å²) in [5, 5.41) is 2.39. The van der Waals surface area contributed by atoms with Crippen molar-refractivity contribution in [1.82, 2.24) is 15.3 Å². The number of alkyl halides is 3. The first-order chi connectivity index (χ1) is 13.8. The molecule has 1 fully saturated rings. The van der Waals surface area contributed by atoms with E-state index in [1.165, 1.54) is 12.8 Å². The van der Waals surface area contributed by atoms with Gasteiger partial charge in [-0.3, -0.25) is 4.79 Å². The van der Waals surface area contributed by atoms with E-state index >= 15 is 0 Å². The van der Waals surface area contributed by atoms with Gasteiger partial charge in [-0.15, -0.1) is 0 Å². The standard InChI is InChI=1S/C21H24F3N3OS/c1-14(19(28)25-16-11-7-2-3-8-12-16)29-20-26-17(15-9-5-4-6-10-15)13-18(27-20)21(22,23)24/h4-6,9-10,13-14,16H,2-3,7-8,11-12H2,1H3,(H,25,28)/t14-/m1/s1. The topological polar surface area (TPSA) is 54.9 Å². The van der Waals surface area contributed by atoms with Crippen LogP contribution in [0.2, 0.25) is 0 Å². The lowest BCUT2D eigenvalue weighted by molar-refractivity contribution is -0.141. The molecule has 0 bridgehead atoms. The number of hydrogen-bond donors (Lipinski definition) is 1. The van der Waals surface area contributed by atoms with E-state index in [1.54, 1.807) is 37.3 Å². The van der Waals surface area contributed by atoms with Crippen LogP contribution < -0.4 is 5.32 Å². The number of carbonyl (C=O) groups excluding carboxylic acids is 1. The van der Waals surface area contributed by atoms with E-state index in [9.17, 15) is 18.0 Å². The van der Waals surface area contributed by atoms with Crippen molar-refractivity contribution in [2.24, 2.45) is 0 Å². The number of rotatable bonds is 5. The van der Waals surface area contributed by atoms with Crippen LogP contribution in [0.25, 0.3) is 11.3 Å². The Morgan fingerprint density at radius 1 is 1.10 bits per heavy atom. The second-order valence-electron chi connectivity index (χ2n) is 7.24. The average Bonchev–Trinajstić information content (AvgIpc) is 2.96. The van der Waals surface area contributed by atoms with Crippen molar-refractivity contribution < 1.29 is 18.0 Å². The second-order valence-corrected chi connectivity index (χ2v) is 8.55. The molecule has 1 atom stereocenters. The summed E-state index contributed by atoms with van der Waals surface area (Å²) in [6, 6.07) is 9.72. The Labute approximate surface area is 172 Å². The molecule has 156 valence electrons. The molecule has 0 saturated heterocycles. The molecule has 1 aromatic heterocycles. The molecule has 0 spiro atoms. The summed E-state index contributed by atoms with van der Waals surface area (Å²) in [7, 11) is 0. The van der Waals surface area contributed by atoms with E-state index in [2.05, 4.69) is 15.3 Å². The third kappa shape index (κ3) is 6.19. The zero-order valence-electron chi connectivity index (χ0n) is 16.2. The molecule has 1 saturated carbocycles. The van der Waals surface area contributed by atoms with Gasteiger partial charge in [-0.05, 0) is 25.8 Å². The van der Waals surface area contributed by atoms with Crippen molar-refractivity contribution in [3.8, 4) is 11.3 Å². The highest BCUT2D eigenvalue weighted by molar-refractivity contribution is 8.00. The van der Waals surface area contributed by atoms with Crippen LogP contribution in [0, 0.1) is 0 Å². The third-order valence-electron chi connectivity index (χ3n) is 4.92. The Bertz CT molecular complexity index is 822. The van der Waals surface area contributed by atoms with E-state index in [0.717, 1.165) is 43.5 Å². The maximum atomic E-state index is 13.3. The zero-order valence-corrected chi connectivity index (χ0v) is 17.0. The van der Waals surface area contributed by atoms with Crippen molar-refractivity contribution in [2.75, 3.05) is 0 Å². The van der Waals surface area contributed by atoms with Crippen LogP contribution in [-0.2, 0) is 11.0 Å². The smallest absolute Gasteiger partial charge is 0.352 e. The Hall–Kier alpha value is -2.09. The highest BCUT2D eigenvalue weighted by atomic mass is 32.2. The summed E-state index contributed by atoms with van der Waals surface area (Å²) in [5.41, 5.74) is -0.255. The first-order valence-electron chi connectivity index (χ1n) is 9.81. The van der Waals surface area contributed by atoms with E-state index in [-0.39, 0.29) is 22.8 Å². The SMILES string of the molecule is C[C@@H](Sc1nc(-c2ccccc2)cc(C(F)(F)F)n1)C(=O)NC1CCCCCC1. The lowest BCUT2D eigenvalue weighted by atomic mass is 10.1. The molecule has 1 amide bonds. The third-order valence-corrected chi connectivity index (χ3v) is 5.88. The summed E-state index contributed by atoms with van der Waals surface area (Å²) in [6.45, 7) is 1.67. The number of aromatic nitrogens is 2. The summed E-state index contributed by atoms with van der Waals surface area (Å²) in [4.78, 5) is 20.5. The first kappa shape index (κ1) is 21.6. The van der Waals surface area contributed by atoms with E-state index in [4.69, 9.17) is 0 Å². The monoisotopic (exact) mass is 423 g/mol. The Morgan fingerprint density at radius 2 is 1.76 bits per heavy atom. The highest BCUT2D eigenvalue weighted by Gasteiger charge is 2.34. The minimum Gasteiger partial charge on any atom is -0.352 e. The van der Waals surface area contributed by atoms with Gasteiger partial charge < -0.3 is 5.32 Å². The Kier molecular flexibility index (Phi) is 7.16. The van der Waals surface area contributed by atoms with Crippen molar-refractivity contribution in [1.29, 1.82) is 0 Å². The van der Waals surface area contributed by atoms with Crippen LogP contribution in [0.5, 0.6) is 0 Å². The maximum Gasteiger partial charge on any atom is 0.433 e. The molecule has 1 aliphatic rings. The number of amides is 1. The molecule has 1 aliphatic carbocycles. The minimum absolute atomic E-state index is 0.0535. The van der Waals surface area contributed by atoms with Gasteiger partial charge in [0.15, 0.2) is 5.16 Å². The number of thioether (sulfide) groups is 1. The predicted molar refractivity (Wildman–Crippen MR) is 107 cm³/mol. The minimum atomic E-state index is -4.59. The molecule has 0 radical (unpaired) electrons. The fourth-order valence-electron chi connectivity index (χ4n) is 3.33. The van der Waals surface area contributed by atoms with E-state index in [1.807, 2.05) is 0 Å². The van der Waals surface area contributed by atoms with Crippen LogP contribution in [-0.4, -0.2) is 27.2 Å². The summed E-state index contributed by atoms with van der Waals surface area (Å²) in [5.74, 6) is -0.191. The second kappa shape index (κ2) is 9.61. The van der Waals surface area contributed by atoms with Gasteiger partial charge in [0.05, 0.1) is 10.9 Å². The molecule has 0 unspecified atom stereocenters. The van der Waals surface area contributed by atoms with Crippen molar-refractivity contribution in [3.63, 3.8) is 0 Å². The van der Waals surface area contributed by atoms with Crippen LogP contribution >= 0.6 is 11.8 Å². The summed E-state index contributed by atoms with van der Waals surface area (Å²) in [6.07, 6.45) is 1.83. The molecule has 1 aromatic carbocycles. The Morgan fingerprint density at radius 3 is 2.38 bits per heavy atom. The van der Waals surface area contributed by atoms with Crippen molar-refractivity contribution in [2.45, 2.75) is 68.1 Å². The number of benzene rings is 1. The molecule has 29 heavy (non-hydrogen) atoms. The van der Waals surface area contributed by atoms with Crippen LogP contribution in [0.3, 0.4) is 0 Å². The molecule has 2 aromatic rings. The van der Waals surface area contributed by atoms with Gasteiger partial charge in [-0.1, -0.05) is 67.8 Å². The highest BCUT2D eigenvalue weighted by Crippen LogP contribution is 2.33. The van der Waals surface area contributed by atoms with Gasteiger partial charge in [0.25, 0.3) is 0 Å². The van der Waals surface area contributed by atoms with Gasteiger partial charge in [-0.2, -0.15) is 13.2 Å². The molecule has 8 heteroatoms. The molecular weight excluding hydrogens is 399 g/mol. The Balaban J connectivity index is 1.77. The van der Waals surface area contributed by atoms with E-state index < -0.39 is 17.1 Å². The van der Waals surface area contributed by atoms with Crippen molar-refractivity contribution >= 4 is 17.7 Å². The number of carbonyl (C=O) groups is 1. The number of halogens is 3. The molecule has 4 nitrogen and oxygen atoms in total. The number of hydrogen-bond acceptors (Lipinski definition) is 4. The van der Waals surface area contributed by atoms with Gasteiger partial charge in [-0.25, -0.2) is 9.97 Å². The first-order valence-corrected chi connectivity index (χ1v) is 10.7. The average molecular weight is 424 g/mol. The largest absolute Gasteiger partial charge is 0.433 e. The molecular formula is C21H24F3N3OS. The van der Waals surface area contributed by atoms with Crippen LogP contribution in [0.1, 0.15) is 51.1 Å². The zero-order chi connectivity index (χ0) is 20.9. The summed E-state index contributed by atoms with van der Waals surface area (Å²) < 4.78 is 40.0. The molecule has 1 heterocycles. The van der Waals surface area contributed by atoms with Crippen LogP contribution in [0.4, 0.5) is 13.2 Å². The quantitative estimate of drug-likeness (QED) is 0.393. The molecule has 0 aliphatic heterocycles. The summed E-state index contributed by atoms with van der Waals surface area (Å²) >= 11 is 0.950. The van der Waals surface area contributed by atoms with Gasteiger partial charge >= 0.3 is 6.18 Å². The number of nitrogens with one attached hydrogen (secondary N) is 1.